The zero-order valence-electron chi connectivity index (χ0n) is 7.47. The first kappa shape index (κ1) is 8.76. The van der Waals surface area contributed by atoms with Gasteiger partial charge in [0.15, 0.2) is 0 Å². The lowest BCUT2D eigenvalue weighted by atomic mass is 9.73. The fourth-order valence-corrected chi connectivity index (χ4v) is 1.98. The van der Waals surface area contributed by atoms with Crippen LogP contribution in [0.2, 0.25) is 0 Å². The molecule has 1 N–H and O–H groups in total. The lowest BCUT2D eigenvalue weighted by Gasteiger charge is -2.33. The minimum Gasteiger partial charge on any atom is -0.313 e. The van der Waals surface area contributed by atoms with Gasteiger partial charge in [0.1, 0.15) is 0 Å². The van der Waals surface area contributed by atoms with Gasteiger partial charge < -0.3 is 5.41 Å². The molecule has 0 bridgehead atoms. The molecule has 1 heteroatoms. The van der Waals surface area contributed by atoms with E-state index in [-0.39, 0.29) is 0 Å². The third-order valence-corrected chi connectivity index (χ3v) is 2.90. The van der Waals surface area contributed by atoms with Crippen molar-refractivity contribution < 1.29 is 0 Å². The highest BCUT2D eigenvalue weighted by Gasteiger charge is 2.25. The highest BCUT2D eigenvalue weighted by atomic mass is 14.4. The molecule has 0 aromatic heterocycles. The second-order valence-corrected chi connectivity index (χ2v) is 3.68. The Labute approximate surface area is 69.7 Å². The van der Waals surface area contributed by atoms with Gasteiger partial charge in [0.2, 0.25) is 0 Å². The number of rotatable bonds is 5. The van der Waals surface area contributed by atoms with Gasteiger partial charge in [-0.15, -0.1) is 0 Å². The van der Waals surface area contributed by atoms with Crippen LogP contribution < -0.4 is 0 Å². The molecule has 1 unspecified atom stereocenters. The van der Waals surface area contributed by atoms with Gasteiger partial charge in [-0.25, -0.2) is 0 Å². The van der Waals surface area contributed by atoms with E-state index in [2.05, 4.69) is 6.92 Å². The molecule has 11 heavy (non-hydrogen) atoms. The molecule has 0 heterocycles. The van der Waals surface area contributed by atoms with Crippen molar-refractivity contribution in [3.8, 4) is 0 Å². The van der Waals surface area contributed by atoms with E-state index in [1.54, 1.807) is 6.21 Å². The van der Waals surface area contributed by atoms with Crippen LogP contribution in [0.4, 0.5) is 0 Å². The molecule has 0 saturated heterocycles. The van der Waals surface area contributed by atoms with Crippen molar-refractivity contribution in [2.45, 2.75) is 45.4 Å². The summed E-state index contributed by atoms with van der Waals surface area (Å²) in [7, 11) is 0. The molecule has 64 valence electrons. The molecular weight excluding hydrogens is 134 g/mol. The van der Waals surface area contributed by atoms with Crippen LogP contribution in [0.5, 0.6) is 0 Å². The molecule has 0 aromatic rings. The van der Waals surface area contributed by atoms with Gasteiger partial charge >= 0.3 is 0 Å². The van der Waals surface area contributed by atoms with Crippen molar-refractivity contribution in [2.75, 3.05) is 0 Å². The van der Waals surface area contributed by atoms with Crippen LogP contribution in [0.25, 0.3) is 0 Å². The maximum Gasteiger partial charge on any atom is -0.00449 e. The molecule has 1 nitrogen and oxygen atoms in total. The molecule has 1 aliphatic carbocycles. The first-order valence-electron chi connectivity index (χ1n) is 4.87. The summed E-state index contributed by atoms with van der Waals surface area (Å²) < 4.78 is 0. The molecule has 1 saturated carbocycles. The topological polar surface area (TPSA) is 23.9 Å². The zero-order chi connectivity index (χ0) is 8.10. The predicted molar refractivity (Wildman–Crippen MR) is 49.1 cm³/mol. The summed E-state index contributed by atoms with van der Waals surface area (Å²) in [6.45, 7) is 2.25. The molecular formula is C10H19N. The van der Waals surface area contributed by atoms with Crippen LogP contribution in [-0.2, 0) is 0 Å². The van der Waals surface area contributed by atoms with E-state index in [1.807, 2.05) is 0 Å². The smallest absolute Gasteiger partial charge is 0.00449 e. The van der Waals surface area contributed by atoms with Crippen LogP contribution in [0.3, 0.4) is 0 Å². The van der Waals surface area contributed by atoms with Crippen LogP contribution in [0.1, 0.15) is 45.4 Å². The fourth-order valence-electron chi connectivity index (χ4n) is 1.98. The standard InChI is InChI=1S/C10H19N/c1-2-4-9(7-8-11)10-5-3-6-10/h8-11H,2-7H2,1H3. The second-order valence-electron chi connectivity index (χ2n) is 3.68. The Morgan fingerprint density at radius 1 is 1.55 bits per heavy atom. The van der Waals surface area contributed by atoms with Gasteiger partial charge in [-0.1, -0.05) is 39.0 Å². The van der Waals surface area contributed by atoms with Gasteiger partial charge in [0.05, 0.1) is 0 Å². The Hall–Kier alpha value is -0.330. The normalized spacial score (nSPS) is 20.8. The van der Waals surface area contributed by atoms with E-state index in [0.29, 0.717) is 0 Å². The van der Waals surface area contributed by atoms with E-state index < -0.39 is 0 Å². The highest BCUT2D eigenvalue weighted by molar-refractivity contribution is 5.53. The lowest BCUT2D eigenvalue weighted by Crippen LogP contribution is -2.22. The molecule has 0 radical (unpaired) electrons. The molecule has 0 aliphatic heterocycles. The molecule has 0 spiro atoms. The van der Waals surface area contributed by atoms with E-state index in [0.717, 1.165) is 18.3 Å². The molecule has 1 aliphatic rings. The van der Waals surface area contributed by atoms with Crippen molar-refractivity contribution >= 4 is 6.21 Å². The summed E-state index contributed by atoms with van der Waals surface area (Å²) >= 11 is 0. The van der Waals surface area contributed by atoms with Crippen LogP contribution in [0.15, 0.2) is 0 Å². The Kier molecular flexibility index (Phi) is 3.61. The third kappa shape index (κ3) is 2.32. The SMILES string of the molecule is CCCC(CC=N)C1CCC1. The van der Waals surface area contributed by atoms with Crippen molar-refractivity contribution in [2.24, 2.45) is 11.8 Å². The first-order chi connectivity index (χ1) is 5.38. The van der Waals surface area contributed by atoms with Gasteiger partial charge in [-0.05, 0) is 24.5 Å². The summed E-state index contributed by atoms with van der Waals surface area (Å²) in [5, 5.41) is 7.08. The van der Waals surface area contributed by atoms with Crippen molar-refractivity contribution in [3.05, 3.63) is 0 Å². The van der Waals surface area contributed by atoms with Crippen LogP contribution in [-0.4, -0.2) is 6.21 Å². The molecule has 0 amide bonds. The Balaban J connectivity index is 2.24. The van der Waals surface area contributed by atoms with Crippen molar-refractivity contribution in [1.29, 1.82) is 5.41 Å². The fraction of sp³-hybridized carbons (Fsp3) is 0.900. The minimum absolute atomic E-state index is 0.839. The number of nitrogens with one attached hydrogen (secondary N) is 1. The van der Waals surface area contributed by atoms with E-state index in [9.17, 15) is 0 Å². The quantitative estimate of drug-likeness (QED) is 0.586. The van der Waals surface area contributed by atoms with E-state index in [1.165, 1.54) is 32.1 Å². The third-order valence-electron chi connectivity index (χ3n) is 2.90. The van der Waals surface area contributed by atoms with Crippen LogP contribution in [0, 0.1) is 17.2 Å². The molecule has 0 aromatic carbocycles. The predicted octanol–water partition coefficient (Wildman–Crippen LogP) is 3.24. The van der Waals surface area contributed by atoms with Crippen molar-refractivity contribution in [3.63, 3.8) is 0 Å². The van der Waals surface area contributed by atoms with Gasteiger partial charge in [0.25, 0.3) is 0 Å². The summed E-state index contributed by atoms with van der Waals surface area (Å²) in [4.78, 5) is 0. The number of hydrogen-bond acceptors (Lipinski definition) is 1. The van der Waals surface area contributed by atoms with Gasteiger partial charge in [0, 0.05) is 0 Å². The zero-order valence-corrected chi connectivity index (χ0v) is 7.47. The highest BCUT2D eigenvalue weighted by Crippen LogP contribution is 2.36. The average molecular weight is 153 g/mol. The molecule has 1 fully saturated rings. The Morgan fingerprint density at radius 2 is 2.27 bits per heavy atom. The van der Waals surface area contributed by atoms with Gasteiger partial charge in [-0.2, -0.15) is 0 Å². The summed E-state index contributed by atoms with van der Waals surface area (Å²) in [5.41, 5.74) is 0. The molecule has 1 rings (SSSR count). The monoisotopic (exact) mass is 153 g/mol. The second kappa shape index (κ2) is 4.53. The van der Waals surface area contributed by atoms with Gasteiger partial charge in [-0.3, -0.25) is 0 Å². The Bertz CT molecular complexity index is 116. The lowest BCUT2D eigenvalue weighted by molar-refractivity contribution is 0.200. The number of hydrogen-bond donors (Lipinski definition) is 1. The maximum atomic E-state index is 7.08. The summed E-state index contributed by atoms with van der Waals surface area (Å²) in [6, 6.07) is 0. The molecule has 1 atom stereocenters. The van der Waals surface area contributed by atoms with Crippen molar-refractivity contribution in [1.82, 2.24) is 0 Å². The van der Waals surface area contributed by atoms with Crippen LogP contribution >= 0.6 is 0 Å². The average Bonchev–Trinajstić information content (AvgIpc) is 1.85. The summed E-state index contributed by atoms with van der Waals surface area (Å²) in [5.74, 6) is 1.81. The largest absolute Gasteiger partial charge is 0.313 e. The Morgan fingerprint density at radius 3 is 2.64 bits per heavy atom. The summed E-state index contributed by atoms with van der Waals surface area (Å²) in [6.07, 6.45) is 9.53. The maximum absolute atomic E-state index is 7.08. The van der Waals surface area contributed by atoms with E-state index >= 15 is 0 Å². The minimum atomic E-state index is 0.839. The van der Waals surface area contributed by atoms with E-state index in [4.69, 9.17) is 5.41 Å². The first-order valence-corrected chi connectivity index (χ1v) is 4.87.